The number of nitrogens with zero attached hydrogens (tertiary/aromatic N) is 1. The summed E-state index contributed by atoms with van der Waals surface area (Å²) in [5, 5.41) is 2.21. The fourth-order valence-electron chi connectivity index (χ4n) is 4.75. The molecular formula is C12H29NSSi4. The summed E-state index contributed by atoms with van der Waals surface area (Å²) in [6.07, 6.45) is 2.04. The van der Waals surface area contributed by atoms with Crippen LogP contribution in [0.5, 0.6) is 0 Å². The zero-order chi connectivity index (χ0) is 14.4. The van der Waals surface area contributed by atoms with Gasteiger partial charge >= 0.3 is 0 Å². The van der Waals surface area contributed by atoms with Gasteiger partial charge in [-0.2, -0.15) is 0 Å². The highest BCUT2D eigenvalue weighted by atomic mass is 32.1. The number of thiazole rings is 1. The standard InChI is InChI=1S/C12H29NSSi4/c1-15(2,3)18(16(4,5)6,17(7,8)9)12-13-10-11-14-12/h10-11H,1-9H3. The maximum atomic E-state index is 4.87. The minimum absolute atomic E-state index is 1.20. The van der Waals surface area contributed by atoms with Crippen LogP contribution in [-0.2, 0) is 0 Å². The first-order valence-corrected chi connectivity index (χ1v) is 23.1. The van der Waals surface area contributed by atoms with E-state index in [2.05, 4.69) is 64.3 Å². The highest BCUT2D eigenvalue weighted by molar-refractivity contribution is 7.94. The molecule has 0 aromatic carbocycles. The Hall–Kier alpha value is 0.498. The lowest BCUT2D eigenvalue weighted by molar-refractivity contribution is 1.46. The van der Waals surface area contributed by atoms with Crippen LogP contribution in [0.3, 0.4) is 0 Å². The molecule has 104 valence electrons. The molecule has 6 heteroatoms. The van der Waals surface area contributed by atoms with Gasteiger partial charge < -0.3 is 0 Å². The maximum Gasteiger partial charge on any atom is 0.103 e. The van der Waals surface area contributed by atoms with E-state index in [-0.39, 0.29) is 0 Å². The average molecular weight is 332 g/mol. The molecule has 1 rings (SSSR count). The van der Waals surface area contributed by atoms with Crippen molar-refractivity contribution in [3.8, 4) is 0 Å². The Morgan fingerprint density at radius 2 is 1.17 bits per heavy atom. The van der Waals surface area contributed by atoms with Gasteiger partial charge in [-0.25, -0.2) is 0 Å². The van der Waals surface area contributed by atoms with Gasteiger partial charge in [0, 0.05) is 34.4 Å². The van der Waals surface area contributed by atoms with Crippen molar-refractivity contribution in [2.45, 2.75) is 58.9 Å². The molecule has 0 atom stereocenters. The SMILES string of the molecule is C[Si](C)(C)[Si](c1nccs1)([Si](C)(C)C)[Si](C)(C)C. The zero-order valence-electron chi connectivity index (χ0n) is 13.5. The third-order valence-electron chi connectivity index (χ3n) is 4.13. The van der Waals surface area contributed by atoms with Crippen LogP contribution in [0.15, 0.2) is 11.6 Å². The maximum absolute atomic E-state index is 4.87. The quantitative estimate of drug-likeness (QED) is 0.759. The Labute approximate surface area is 120 Å². The van der Waals surface area contributed by atoms with E-state index in [1.807, 2.05) is 17.5 Å². The van der Waals surface area contributed by atoms with Gasteiger partial charge in [-0.1, -0.05) is 58.9 Å². The van der Waals surface area contributed by atoms with Crippen LogP contribution >= 0.6 is 11.3 Å². The highest BCUT2D eigenvalue weighted by Gasteiger charge is 2.64. The fraction of sp³-hybridized carbons (Fsp3) is 0.750. The summed E-state index contributed by atoms with van der Waals surface area (Å²) >= 11 is 1.97. The van der Waals surface area contributed by atoms with E-state index in [4.69, 9.17) is 4.98 Å². The zero-order valence-corrected chi connectivity index (χ0v) is 18.3. The van der Waals surface area contributed by atoms with Crippen LogP contribution in [0.2, 0.25) is 58.9 Å². The third kappa shape index (κ3) is 2.42. The van der Waals surface area contributed by atoms with Gasteiger partial charge in [-0.15, -0.1) is 11.3 Å². The average Bonchev–Trinajstić information content (AvgIpc) is 2.48. The largest absolute Gasteiger partial charge is 0.256 e. The Kier molecular flexibility index (Phi) is 4.41. The van der Waals surface area contributed by atoms with Crippen LogP contribution in [0, 0.1) is 0 Å². The Balaban J connectivity index is 3.70. The van der Waals surface area contributed by atoms with Crippen LogP contribution < -0.4 is 4.63 Å². The lowest BCUT2D eigenvalue weighted by Gasteiger charge is -2.55. The predicted molar refractivity (Wildman–Crippen MR) is 97.5 cm³/mol. The Morgan fingerprint density at radius 3 is 1.39 bits per heavy atom. The van der Waals surface area contributed by atoms with Crippen molar-refractivity contribution >= 4 is 45.4 Å². The summed E-state index contributed by atoms with van der Waals surface area (Å²) in [4.78, 5) is 4.87. The van der Waals surface area contributed by atoms with E-state index in [1.54, 1.807) is 4.63 Å². The van der Waals surface area contributed by atoms with Crippen LogP contribution in [0.1, 0.15) is 0 Å². The minimum atomic E-state index is -1.40. The van der Waals surface area contributed by atoms with Crippen molar-refractivity contribution in [2.24, 2.45) is 0 Å². The van der Waals surface area contributed by atoms with Crippen LogP contribution in [0.25, 0.3) is 0 Å². The topological polar surface area (TPSA) is 12.9 Å². The predicted octanol–water partition coefficient (Wildman–Crippen LogP) is 4.05. The molecule has 0 saturated heterocycles. The highest BCUT2D eigenvalue weighted by Crippen LogP contribution is 2.36. The van der Waals surface area contributed by atoms with Gasteiger partial charge in [0.05, 0.1) is 4.63 Å². The molecule has 1 aromatic rings. The van der Waals surface area contributed by atoms with E-state index in [0.717, 1.165) is 0 Å². The first-order valence-electron chi connectivity index (χ1n) is 6.75. The molecule has 0 amide bonds. The molecule has 0 fully saturated rings. The number of aromatic nitrogens is 1. The first kappa shape index (κ1) is 16.6. The molecule has 0 aliphatic carbocycles. The van der Waals surface area contributed by atoms with E-state index in [0.29, 0.717) is 0 Å². The van der Waals surface area contributed by atoms with E-state index in [9.17, 15) is 0 Å². The molecular weight excluding hydrogens is 303 g/mol. The Morgan fingerprint density at radius 1 is 0.778 bits per heavy atom. The van der Waals surface area contributed by atoms with Gasteiger partial charge in [0.25, 0.3) is 0 Å². The van der Waals surface area contributed by atoms with Crippen molar-refractivity contribution in [3.63, 3.8) is 0 Å². The molecule has 0 bridgehead atoms. The number of hydrogen-bond donors (Lipinski definition) is 0. The fourth-order valence-corrected chi connectivity index (χ4v) is 112. The monoisotopic (exact) mass is 331 g/mol. The second kappa shape index (κ2) is 4.80. The molecule has 0 N–H and O–H groups in total. The third-order valence-corrected chi connectivity index (χ3v) is 78.0. The molecule has 0 aliphatic heterocycles. The summed E-state index contributed by atoms with van der Waals surface area (Å²) in [7, 11) is -3.61. The van der Waals surface area contributed by atoms with Crippen molar-refractivity contribution in [2.75, 3.05) is 0 Å². The molecule has 0 aliphatic rings. The van der Waals surface area contributed by atoms with E-state index < -0.39 is 29.4 Å². The molecule has 1 nitrogen and oxygen atoms in total. The Bertz CT molecular complexity index is 359. The second-order valence-electron chi connectivity index (χ2n) is 8.34. The molecule has 18 heavy (non-hydrogen) atoms. The molecule has 1 aromatic heterocycles. The van der Waals surface area contributed by atoms with Crippen molar-refractivity contribution < 1.29 is 0 Å². The lowest BCUT2D eigenvalue weighted by Crippen LogP contribution is -2.88. The molecule has 0 radical (unpaired) electrons. The molecule has 0 spiro atoms. The van der Waals surface area contributed by atoms with Gasteiger partial charge in [-0.3, -0.25) is 4.98 Å². The normalized spacial score (nSPS) is 14.9. The second-order valence-corrected chi connectivity index (χ2v) is 49.8. The lowest BCUT2D eigenvalue weighted by atomic mass is 11.0. The van der Waals surface area contributed by atoms with E-state index >= 15 is 0 Å². The van der Waals surface area contributed by atoms with Crippen molar-refractivity contribution in [1.82, 2.24) is 4.98 Å². The summed E-state index contributed by atoms with van der Waals surface area (Å²) in [5.41, 5.74) is 0. The van der Waals surface area contributed by atoms with Gasteiger partial charge in [-0.05, 0) is 0 Å². The molecule has 0 saturated carbocycles. The van der Waals surface area contributed by atoms with Crippen molar-refractivity contribution in [1.29, 1.82) is 0 Å². The summed E-state index contributed by atoms with van der Waals surface area (Å²) in [6, 6.07) is 0. The first-order chi connectivity index (χ1) is 7.86. The minimum Gasteiger partial charge on any atom is -0.256 e. The molecule has 0 unspecified atom stereocenters. The molecule has 1 heterocycles. The van der Waals surface area contributed by atoms with Gasteiger partial charge in [0.2, 0.25) is 0 Å². The number of hydrogen-bond acceptors (Lipinski definition) is 2. The van der Waals surface area contributed by atoms with Crippen LogP contribution in [0.4, 0.5) is 0 Å². The summed E-state index contributed by atoms with van der Waals surface area (Å²) in [6.45, 7) is 22.2. The van der Waals surface area contributed by atoms with Crippen molar-refractivity contribution in [3.05, 3.63) is 11.6 Å². The van der Waals surface area contributed by atoms with Gasteiger partial charge in [0.15, 0.2) is 0 Å². The summed E-state index contributed by atoms with van der Waals surface area (Å²) < 4.78 is 1.60. The number of rotatable bonds is 4. The van der Waals surface area contributed by atoms with Crippen LogP contribution in [-0.4, -0.2) is 34.4 Å². The summed E-state index contributed by atoms with van der Waals surface area (Å²) in [5.74, 6) is 0. The van der Waals surface area contributed by atoms with Gasteiger partial charge in [0.1, 0.15) is 6.63 Å². The smallest absolute Gasteiger partial charge is 0.103 e. The van der Waals surface area contributed by atoms with E-state index in [1.165, 1.54) is 0 Å².